The Bertz CT molecular complexity index is 721. The first kappa shape index (κ1) is 19.6. The number of carbonyl (C=O) groups is 2. The Kier molecular flexibility index (Phi) is 6.84. The highest BCUT2D eigenvalue weighted by Crippen LogP contribution is 2.37. The van der Waals surface area contributed by atoms with E-state index in [1.165, 1.54) is 13.2 Å². The monoisotopic (exact) mass is 359 g/mol. The molecule has 26 heavy (non-hydrogen) atoms. The molecule has 1 N–H and O–H groups in total. The lowest BCUT2D eigenvalue weighted by Gasteiger charge is -2.16. The van der Waals surface area contributed by atoms with Crippen LogP contribution in [-0.4, -0.2) is 31.2 Å². The summed E-state index contributed by atoms with van der Waals surface area (Å²) in [6.45, 7) is 0.0749. The summed E-state index contributed by atoms with van der Waals surface area (Å²) >= 11 is 0. The number of methoxy groups -OCH3 is 1. The van der Waals surface area contributed by atoms with Gasteiger partial charge in [0, 0.05) is 32.2 Å². The first-order valence-corrected chi connectivity index (χ1v) is 8.45. The fourth-order valence-electron chi connectivity index (χ4n) is 2.64. The number of nitrogens with zero attached hydrogens (tertiary/aromatic N) is 2. The van der Waals surface area contributed by atoms with Crippen LogP contribution in [0.4, 0.5) is 4.39 Å². The van der Waals surface area contributed by atoms with E-state index in [2.05, 4.69) is 21.5 Å². The first-order chi connectivity index (χ1) is 12.5. The molecule has 1 aromatic rings. The van der Waals surface area contributed by atoms with Crippen LogP contribution in [-0.2, 0) is 20.7 Å². The topological polar surface area (TPSA) is 80.1 Å². The van der Waals surface area contributed by atoms with Gasteiger partial charge in [0.2, 0.25) is 5.91 Å². The average molecular weight is 359 g/mol. The van der Waals surface area contributed by atoms with Crippen LogP contribution >= 0.6 is 0 Å². The Morgan fingerprint density at radius 3 is 2.69 bits per heavy atom. The fourth-order valence-corrected chi connectivity index (χ4v) is 2.64. The molecule has 1 amide bonds. The minimum Gasteiger partial charge on any atom is -0.469 e. The van der Waals surface area contributed by atoms with E-state index in [-0.39, 0.29) is 31.1 Å². The van der Waals surface area contributed by atoms with Crippen LogP contribution in [0.2, 0.25) is 0 Å². The van der Waals surface area contributed by atoms with E-state index in [9.17, 15) is 14.0 Å². The molecule has 1 aliphatic heterocycles. The number of rotatable bonds is 10. The van der Waals surface area contributed by atoms with Crippen molar-refractivity contribution in [2.24, 2.45) is 16.1 Å². The number of terminal acetylenes is 1. The number of nitrogens with one attached hydrogen (secondary N) is 1. The van der Waals surface area contributed by atoms with Crippen LogP contribution in [0.5, 0.6) is 0 Å². The van der Waals surface area contributed by atoms with Gasteiger partial charge in [-0.1, -0.05) is 18.2 Å². The minimum atomic E-state index is -0.661. The highest BCUT2D eigenvalue weighted by Gasteiger charge is 2.39. The molecule has 138 valence electrons. The molecule has 0 aliphatic carbocycles. The lowest BCUT2D eigenvalue weighted by Crippen LogP contribution is -2.35. The van der Waals surface area contributed by atoms with Gasteiger partial charge < -0.3 is 10.1 Å². The Balaban J connectivity index is 1.83. The summed E-state index contributed by atoms with van der Waals surface area (Å²) in [5, 5.41) is 10.7. The van der Waals surface area contributed by atoms with Crippen molar-refractivity contribution < 1.29 is 18.7 Å². The standard InChI is InChI=1S/C19H22FN3O3/c1-3-4-10-19(22-23-19)11-9-17(24)21-13-15(18(25)26-2)12-14-7-5-6-8-16(14)20/h1,5-8,15H,4,9-13H2,2H3,(H,21,24). The second-order valence-corrected chi connectivity index (χ2v) is 6.21. The van der Waals surface area contributed by atoms with Gasteiger partial charge >= 0.3 is 5.97 Å². The normalized spacial score (nSPS) is 15.0. The average Bonchev–Trinajstić information content (AvgIpc) is 3.43. The smallest absolute Gasteiger partial charge is 0.310 e. The van der Waals surface area contributed by atoms with Gasteiger partial charge in [-0.3, -0.25) is 9.59 Å². The molecule has 0 spiro atoms. The van der Waals surface area contributed by atoms with E-state index < -0.39 is 17.6 Å². The molecule has 0 bridgehead atoms. The number of hydrogen-bond donors (Lipinski definition) is 1. The first-order valence-electron chi connectivity index (χ1n) is 8.45. The van der Waals surface area contributed by atoms with Crippen LogP contribution < -0.4 is 5.32 Å². The lowest BCUT2D eigenvalue weighted by molar-refractivity contribution is -0.145. The van der Waals surface area contributed by atoms with Gasteiger partial charge in [0.15, 0.2) is 5.66 Å². The largest absolute Gasteiger partial charge is 0.469 e. The van der Waals surface area contributed by atoms with Crippen molar-refractivity contribution in [3.8, 4) is 12.3 Å². The van der Waals surface area contributed by atoms with Crippen LogP contribution in [0.25, 0.3) is 0 Å². The maximum Gasteiger partial charge on any atom is 0.310 e. The summed E-state index contributed by atoms with van der Waals surface area (Å²) in [5.41, 5.74) is -0.112. The molecule has 1 atom stereocenters. The maximum absolute atomic E-state index is 13.8. The zero-order valence-electron chi connectivity index (χ0n) is 14.7. The summed E-state index contributed by atoms with van der Waals surface area (Å²) in [6, 6.07) is 6.22. The summed E-state index contributed by atoms with van der Waals surface area (Å²) < 4.78 is 18.6. The molecule has 0 aromatic heterocycles. The third-order valence-corrected chi connectivity index (χ3v) is 4.31. The molecule has 1 heterocycles. The Morgan fingerprint density at radius 1 is 1.35 bits per heavy atom. The third-order valence-electron chi connectivity index (χ3n) is 4.31. The lowest BCUT2D eigenvalue weighted by atomic mass is 9.98. The van der Waals surface area contributed by atoms with Crippen molar-refractivity contribution in [2.75, 3.05) is 13.7 Å². The second-order valence-electron chi connectivity index (χ2n) is 6.21. The summed E-state index contributed by atoms with van der Waals surface area (Å²) in [4.78, 5) is 24.0. The SMILES string of the molecule is C#CCCC1(CCC(=O)NCC(Cc2ccccc2F)C(=O)OC)N=N1. The molecular weight excluding hydrogens is 337 g/mol. The Hall–Kier alpha value is -2.75. The number of benzene rings is 1. The molecule has 1 aliphatic rings. The number of halogens is 1. The molecule has 7 heteroatoms. The van der Waals surface area contributed by atoms with Gasteiger partial charge in [0.25, 0.3) is 0 Å². The van der Waals surface area contributed by atoms with Gasteiger partial charge in [0.1, 0.15) is 5.82 Å². The van der Waals surface area contributed by atoms with E-state index in [1.54, 1.807) is 18.2 Å². The fraction of sp³-hybridized carbons (Fsp3) is 0.474. The van der Waals surface area contributed by atoms with E-state index >= 15 is 0 Å². The molecule has 1 aromatic carbocycles. The summed E-state index contributed by atoms with van der Waals surface area (Å²) in [7, 11) is 1.27. The second kappa shape index (κ2) is 9.09. The number of esters is 1. The van der Waals surface area contributed by atoms with Crippen LogP contribution in [0, 0.1) is 24.1 Å². The molecule has 0 radical (unpaired) electrons. The maximum atomic E-state index is 13.8. The Morgan fingerprint density at radius 2 is 2.08 bits per heavy atom. The van der Waals surface area contributed by atoms with Crippen molar-refractivity contribution in [1.29, 1.82) is 0 Å². The van der Waals surface area contributed by atoms with Crippen molar-refractivity contribution >= 4 is 11.9 Å². The van der Waals surface area contributed by atoms with Crippen molar-refractivity contribution in [1.82, 2.24) is 5.32 Å². The zero-order chi connectivity index (χ0) is 19.0. The highest BCUT2D eigenvalue weighted by molar-refractivity contribution is 5.78. The molecule has 6 nitrogen and oxygen atoms in total. The van der Waals surface area contributed by atoms with E-state index in [4.69, 9.17) is 11.2 Å². The van der Waals surface area contributed by atoms with Crippen LogP contribution in [0.15, 0.2) is 34.5 Å². The summed E-state index contributed by atoms with van der Waals surface area (Å²) in [6.07, 6.45) is 7.28. The van der Waals surface area contributed by atoms with E-state index in [0.717, 1.165) is 0 Å². The molecule has 0 saturated carbocycles. The quantitative estimate of drug-likeness (QED) is 0.515. The highest BCUT2D eigenvalue weighted by atomic mass is 19.1. The van der Waals surface area contributed by atoms with Crippen molar-refractivity contribution in [3.05, 3.63) is 35.6 Å². The van der Waals surface area contributed by atoms with Crippen LogP contribution in [0.1, 0.15) is 31.2 Å². The summed E-state index contributed by atoms with van der Waals surface area (Å²) in [5.74, 6) is 0.774. The predicted molar refractivity (Wildman–Crippen MR) is 93.5 cm³/mol. The van der Waals surface area contributed by atoms with E-state index in [0.29, 0.717) is 24.8 Å². The predicted octanol–water partition coefficient (Wildman–Crippen LogP) is 2.63. The van der Waals surface area contributed by atoms with Crippen molar-refractivity contribution in [2.45, 2.75) is 37.8 Å². The van der Waals surface area contributed by atoms with Gasteiger partial charge in [-0.05, 0) is 18.1 Å². The van der Waals surface area contributed by atoms with Gasteiger partial charge in [-0.15, -0.1) is 12.3 Å². The van der Waals surface area contributed by atoms with Gasteiger partial charge in [-0.2, -0.15) is 10.2 Å². The van der Waals surface area contributed by atoms with E-state index in [1.807, 2.05) is 0 Å². The van der Waals surface area contributed by atoms with Gasteiger partial charge in [-0.25, -0.2) is 4.39 Å². The Labute approximate surface area is 152 Å². The molecule has 0 saturated heterocycles. The van der Waals surface area contributed by atoms with Crippen LogP contribution in [0.3, 0.4) is 0 Å². The molecule has 2 rings (SSSR count). The van der Waals surface area contributed by atoms with Crippen molar-refractivity contribution in [3.63, 3.8) is 0 Å². The minimum absolute atomic E-state index is 0.0749. The molecule has 1 unspecified atom stereocenters. The molecular formula is C19H22FN3O3. The third kappa shape index (κ3) is 5.66. The molecule has 0 fully saturated rings. The number of carbonyl (C=O) groups excluding carboxylic acids is 2. The number of ether oxygens (including phenoxy) is 1. The van der Waals surface area contributed by atoms with Gasteiger partial charge in [0.05, 0.1) is 13.0 Å². The zero-order valence-corrected chi connectivity index (χ0v) is 14.7. The number of hydrogen-bond acceptors (Lipinski definition) is 5. The number of amides is 1.